The summed E-state index contributed by atoms with van der Waals surface area (Å²) >= 11 is 5.60. The smallest absolute Gasteiger partial charge is 0.435 e. The average Bonchev–Trinajstić information content (AvgIpc) is 3.02. The molecular weight excluding hydrogens is 422 g/mol. The minimum absolute atomic E-state index is 0.391. The Morgan fingerprint density at radius 2 is 1.86 bits per heavy atom. The molecule has 0 radical (unpaired) electrons. The first-order valence-electron chi connectivity index (χ1n) is 7.15. The molecule has 0 aromatic carbocycles. The summed E-state index contributed by atoms with van der Waals surface area (Å²) in [6, 6.07) is 1.20. The number of pyridine rings is 1. The lowest BCUT2D eigenvalue weighted by atomic mass is 10.3. The molecule has 0 saturated carbocycles. The van der Waals surface area contributed by atoms with Crippen LogP contribution in [0.5, 0.6) is 0 Å². The SMILES string of the molecule is O=C(COC(=O)Cn1ccc(C(F)(F)F)n1)Nc1ncc(C(F)(F)F)cc1Cl. The number of hydrogen-bond acceptors (Lipinski definition) is 5. The van der Waals surface area contributed by atoms with E-state index in [2.05, 4.69) is 14.8 Å². The number of halogens is 7. The maximum Gasteiger partial charge on any atom is 0.435 e. The van der Waals surface area contributed by atoms with Crippen molar-refractivity contribution in [1.29, 1.82) is 0 Å². The molecule has 0 aliphatic heterocycles. The number of nitrogens with zero attached hydrogens (tertiary/aromatic N) is 3. The van der Waals surface area contributed by atoms with E-state index in [0.29, 0.717) is 23.0 Å². The maximum atomic E-state index is 12.5. The number of hydrogen-bond donors (Lipinski definition) is 1. The van der Waals surface area contributed by atoms with Crippen LogP contribution in [0.2, 0.25) is 5.02 Å². The Morgan fingerprint density at radius 3 is 2.39 bits per heavy atom. The highest BCUT2D eigenvalue weighted by molar-refractivity contribution is 6.33. The standard InChI is InChI=1S/C14H9ClF6N4O3/c15-8-3-7(13(16,17)18)4-22-12(8)23-10(26)6-28-11(27)5-25-2-1-9(24-25)14(19,20)21/h1-4H,5-6H2,(H,22,23,26). The normalized spacial score (nSPS) is 12.0. The van der Waals surface area contributed by atoms with E-state index in [0.717, 1.165) is 6.20 Å². The molecule has 2 aromatic heterocycles. The number of esters is 1. The summed E-state index contributed by atoms with van der Waals surface area (Å²) in [5, 5.41) is 4.67. The van der Waals surface area contributed by atoms with Gasteiger partial charge in [-0.2, -0.15) is 31.4 Å². The zero-order valence-corrected chi connectivity index (χ0v) is 14.2. The first-order valence-corrected chi connectivity index (χ1v) is 7.53. The highest BCUT2D eigenvalue weighted by Gasteiger charge is 2.34. The van der Waals surface area contributed by atoms with Crippen LogP contribution in [0.4, 0.5) is 32.2 Å². The van der Waals surface area contributed by atoms with E-state index in [-0.39, 0.29) is 0 Å². The molecule has 14 heteroatoms. The predicted octanol–water partition coefficient (Wildman–Crippen LogP) is 3.15. The number of amides is 1. The van der Waals surface area contributed by atoms with E-state index < -0.39 is 59.5 Å². The van der Waals surface area contributed by atoms with Gasteiger partial charge in [0.15, 0.2) is 18.1 Å². The molecule has 28 heavy (non-hydrogen) atoms. The van der Waals surface area contributed by atoms with E-state index >= 15 is 0 Å². The highest BCUT2D eigenvalue weighted by Crippen LogP contribution is 2.32. The number of carbonyl (C=O) groups excluding carboxylic acids is 2. The molecule has 0 atom stereocenters. The van der Waals surface area contributed by atoms with Crippen molar-refractivity contribution in [2.45, 2.75) is 18.9 Å². The van der Waals surface area contributed by atoms with Gasteiger partial charge >= 0.3 is 18.3 Å². The molecule has 0 unspecified atom stereocenters. The Morgan fingerprint density at radius 1 is 1.18 bits per heavy atom. The third-order valence-corrected chi connectivity index (χ3v) is 3.30. The van der Waals surface area contributed by atoms with E-state index in [9.17, 15) is 35.9 Å². The second-order valence-corrected chi connectivity index (χ2v) is 5.56. The summed E-state index contributed by atoms with van der Waals surface area (Å²) in [4.78, 5) is 26.6. The maximum absolute atomic E-state index is 12.5. The summed E-state index contributed by atoms with van der Waals surface area (Å²) in [6.45, 7) is -1.56. The van der Waals surface area contributed by atoms with Crippen molar-refractivity contribution in [1.82, 2.24) is 14.8 Å². The molecular formula is C14H9ClF6N4O3. The molecule has 2 heterocycles. The lowest BCUT2D eigenvalue weighted by Crippen LogP contribution is -2.24. The van der Waals surface area contributed by atoms with E-state index in [1.54, 1.807) is 0 Å². The third kappa shape index (κ3) is 5.84. The van der Waals surface area contributed by atoms with Gasteiger partial charge in [0, 0.05) is 12.4 Å². The third-order valence-electron chi connectivity index (χ3n) is 3.01. The van der Waals surface area contributed by atoms with Gasteiger partial charge in [0.05, 0.1) is 10.6 Å². The Bertz CT molecular complexity index is 881. The van der Waals surface area contributed by atoms with Crippen LogP contribution in [0.15, 0.2) is 24.5 Å². The lowest BCUT2D eigenvalue weighted by Gasteiger charge is -2.10. The van der Waals surface area contributed by atoms with E-state index in [1.165, 1.54) is 0 Å². The van der Waals surface area contributed by atoms with Crippen molar-refractivity contribution in [3.05, 3.63) is 40.8 Å². The zero-order valence-electron chi connectivity index (χ0n) is 13.4. The number of aromatic nitrogens is 3. The van der Waals surface area contributed by atoms with Gasteiger partial charge in [0.2, 0.25) is 0 Å². The minimum atomic E-state index is -4.68. The van der Waals surface area contributed by atoms with Gasteiger partial charge in [-0.3, -0.25) is 14.3 Å². The van der Waals surface area contributed by atoms with Gasteiger partial charge < -0.3 is 10.1 Å². The van der Waals surface area contributed by atoms with Gasteiger partial charge in [-0.05, 0) is 12.1 Å². The van der Waals surface area contributed by atoms with Crippen LogP contribution in [0.1, 0.15) is 11.3 Å². The average molecular weight is 431 g/mol. The van der Waals surface area contributed by atoms with Gasteiger partial charge in [0.1, 0.15) is 6.54 Å². The number of ether oxygens (including phenoxy) is 1. The monoisotopic (exact) mass is 430 g/mol. The number of alkyl halides is 6. The molecule has 0 saturated heterocycles. The summed E-state index contributed by atoms with van der Waals surface area (Å²) < 4.78 is 79.9. The molecule has 0 aliphatic carbocycles. The number of nitrogens with one attached hydrogen (secondary N) is 1. The van der Waals surface area contributed by atoms with Crippen LogP contribution in [-0.4, -0.2) is 33.2 Å². The fourth-order valence-corrected chi connectivity index (χ4v) is 1.99. The zero-order chi connectivity index (χ0) is 21.1. The van der Waals surface area contributed by atoms with Crippen LogP contribution >= 0.6 is 11.6 Å². The van der Waals surface area contributed by atoms with E-state index in [4.69, 9.17) is 11.6 Å². The Hall–Kier alpha value is -2.83. The summed E-state index contributed by atoms with van der Waals surface area (Å²) in [6.07, 6.45) is -8.00. The molecule has 1 amide bonds. The number of anilines is 1. The topological polar surface area (TPSA) is 86.1 Å². The first-order chi connectivity index (χ1) is 12.9. The molecule has 0 bridgehead atoms. The van der Waals surface area contributed by atoms with Crippen molar-refractivity contribution >= 4 is 29.3 Å². The second kappa shape index (κ2) is 8.04. The van der Waals surface area contributed by atoms with Crippen molar-refractivity contribution in [2.75, 3.05) is 11.9 Å². The molecule has 0 fully saturated rings. The van der Waals surface area contributed by atoms with Crippen molar-refractivity contribution in [2.24, 2.45) is 0 Å². The van der Waals surface area contributed by atoms with E-state index in [1.807, 2.05) is 5.32 Å². The molecule has 0 aliphatic rings. The summed E-state index contributed by atoms with van der Waals surface area (Å²) in [7, 11) is 0. The molecule has 7 nitrogen and oxygen atoms in total. The molecule has 0 spiro atoms. The fourth-order valence-electron chi connectivity index (χ4n) is 1.78. The van der Waals surface area contributed by atoms with Gasteiger partial charge in [-0.15, -0.1) is 0 Å². The van der Waals surface area contributed by atoms with Crippen LogP contribution in [0, 0.1) is 0 Å². The fraction of sp³-hybridized carbons (Fsp3) is 0.286. The van der Waals surface area contributed by atoms with Gasteiger partial charge in [-0.25, -0.2) is 4.98 Å². The Labute approximate surface area is 157 Å². The second-order valence-electron chi connectivity index (χ2n) is 5.16. The molecule has 152 valence electrons. The Balaban J connectivity index is 1.87. The predicted molar refractivity (Wildman–Crippen MR) is 81.1 cm³/mol. The summed E-state index contributed by atoms with van der Waals surface area (Å²) in [5.41, 5.74) is -2.33. The Kier molecular flexibility index (Phi) is 6.17. The number of carbonyl (C=O) groups is 2. The van der Waals surface area contributed by atoms with Gasteiger partial charge in [-0.1, -0.05) is 11.6 Å². The lowest BCUT2D eigenvalue weighted by molar-refractivity contribution is -0.148. The minimum Gasteiger partial charge on any atom is -0.454 e. The first kappa shape index (κ1) is 21.5. The van der Waals surface area contributed by atoms with Crippen molar-refractivity contribution in [3.63, 3.8) is 0 Å². The molecule has 1 N–H and O–H groups in total. The van der Waals surface area contributed by atoms with Gasteiger partial charge in [0.25, 0.3) is 5.91 Å². The number of rotatable bonds is 5. The van der Waals surface area contributed by atoms with Crippen molar-refractivity contribution < 1.29 is 40.7 Å². The molecule has 2 rings (SSSR count). The largest absolute Gasteiger partial charge is 0.454 e. The van der Waals surface area contributed by atoms with Crippen LogP contribution in [-0.2, 0) is 33.2 Å². The van der Waals surface area contributed by atoms with Crippen molar-refractivity contribution in [3.8, 4) is 0 Å². The quantitative estimate of drug-likeness (QED) is 0.582. The van der Waals surface area contributed by atoms with Crippen LogP contribution in [0.3, 0.4) is 0 Å². The molecule has 2 aromatic rings. The summed E-state index contributed by atoms with van der Waals surface area (Å²) in [5.74, 6) is -2.44. The van der Waals surface area contributed by atoms with Crippen LogP contribution in [0.25, 0.3) is 0 Å². The van der Waals surface area contributed by atoms with Crippen LogP contribution < -0.4 is 5.32 Å². The highest BCUT2D eigenvalue weighted by atomic mass is 35.5.